The van der Waals surface area contributed by atoms with E-state index in [1.54, 1.807) is 0 Å². The van der Waals surface area contributed by atoms with E-state index in [0.29, 0.717) is 10.5 Å². The molecule has 0 aromatic rings. The number of hydrogen-bond acceptors (Lipinski definition) is 1. The molecule has 0 saturated carbocycles. The highest BCUT2D eigenvalue weighted by molar-refractivity contribution is 8.00. The summed E-state index contributed by atoms with van der Waals surface area (Å²) >= 11 is 1.86. The summed E-state index contributed by atoms with van der Waals surface area (Å²) in [5.74, 6) is 0. The fourth-order valence-electron chi connectivity index (χ4n) is 0.968. The molecule has 0 fully saturated rings. The van der Waals surface area contributed by atoms with Gasteiger partial charge in [0.05, 0.1) is 0 Å². The summed E-state index contributed by atoms with van der Waals surface area (Å²) in [6.07, 6.45) is 9.71. The highest BCUT2D eigenvalue weighted by Gasteiger charge is 2.08. The molecule has 1 heteroatoms. The summed E-state index contributed by atoms with van der Waals surface area (Å²) in [6.45, 7) is 15.0. The van der Waals surface area contributed by atoms with Crippen molar-refractivity contribution >= 4 is 11.8 Å². The largest absolute Gasteiger partial charge is 0.146 e. The summed E-state index contributed by atoms with van der Waals surface area (Å²) < 4.78 is 0. The number of thioether (sulfide) groups is 1. The normalized spacial score (nSPS) is 14.2. The second-order valence-corrected chi connectivity index (χ2v) is 4.22. The van der Waals surface area contributed by atoms with Crippen LogP contribution in [0.1, 0.15) is 12.8 Å². The highest BCUT2D eigenvalue weighted by atomic mass is 32.2. The van der Waals surface area contributed by atoms with Gasteiger partial charge in [0.25, 0.3) is 0 Å². The summed E-state index contributed by atoms with van der Waals surface area (Å²) in [7, 11) is 0. The van der Waals surface area contributed by atoms with E-state index in [1.807, 2.05) is 36.1 Å². The van der Waals surface area contributed by atoms with Crippen LogP contribution < -0.4 is 0 Å². The minimum absolute atomic E-state index is 0.445. The van der Waals surface area contributed by atoms with Crippen LogP contribution in [0.25, 0.3) is 0 Å². The van der Waals surface area contributed by atoms with Crippen LogP contribution in [0.5, 0.6) is 0 Å². The molecular weight excluding hydrogens is 176 g/mol. The van der Waals surface area contributed by atoms with E-state index < -0.39 is 0 Å². The molecule has 0 aliphatic rings. The topological polar surface area (TPSA) is 0 Å². The predicted molar refractivity (Wildman–Crippen MR) is 65.2 cm³/mol. The number of hydrogen-bond donors (Lipinski definition) is 0. The van der Waals surface area contributed by atoms with Gasteiger partial charge >= 0.3 is 0 Å². The maximum atomic E-state index is 3.80. The van der Waals surface area contributed by atoms with E-state index in [1.165, 1.54) is 0 Å². The second-order valence-electron chi connectivity index (χ2n) is 2.73. The molecule has 0 saturated heterocycles. The summed E-state index contributed by atoms with van der Waals surface area (Å²) in [4.78, 5) is 0. The van der Waals surface area contributed by atoms with Crippen LogP contribution in [0.2, 0.25) is 0 Å². The minimum atomic E-state index is 0.445. The first-order chi connectivity index (χ1) is 6.28. The zero-order valence-electron chi connectivity index (χ0n) is 8.11. The van der Waals surface area contributed by atoms with Gasteiger partial charge < -0.3 is 0 Å². The van der Waals surface area contributed by atoms with E-state index in [-0.39, 0.29) is 0 Å². The van der Waals surface area contributed by atoms with Crippen LogP contribution in [0.3, 0.4) is 0 Å². The Morgan fingerprint density at radius 1 is 0.846 bits per heavy atom. The first-order valence-corrected chi connectivity index (χ1v) is 5.35. The van der Waals surface area contributed by atoms with E-state index in [4.69, 9.17) is 0 Å². The van der Waals surface area contributed by atoms with Crippen LogP contribution in [-0.2, 0) is 0 Å². The van der Waals surface area contributed by atoms with Gasteiger partial charge in [0.1, 0.15) is 0 Å². The maximum absolute atomic E-state index is 3.80. The molecule has 0 radical (unpaired) electrons. The molecule has 0 aromatic heterocycles. The molecule has 0 rings (SSSR count). The fourth-order valence-corrected chi connectivity index (χ4v) is 2.13. The van der Waals surface area contributed by atoms with E-state index >= 15 is 0 Å². The smallest absolute Gasteiger partial charge is 0.0264 e. The molecule has 2 unspecified atom stereocenters. The quantitative estimate of drug-likeness (QED) is 0.527. The van der Waals surface area contributed by atoms with Gasteiger partial charge in [-0.2, -0.15) is 0 Å². The van der Waals surface area contributed by atoms with Gasteiger partial charge in [-0.1, -0.05) is 24.3 Å². The number of allylic oxidation sites excluding steroid dienone is 2. The first-order valence-electron chi connectivity index (χ1n) is 4.40. The average molecular weight is 194 g/mol. The summed E-state index contributed by atoms with van der Waals surface area (Å²) in [5, 5.41) is 0.890. The van der Waals surface area contributed by atoms with Gasteiger partial charge in [-0.3, -0.25) is 0 Å². The van der Waals surface area contributed by atoms with Gasteiger partial charge in [0.15, 0.2) is 0 Å². The molecule has 0 spiro atoms. The maximum Gasteiger partial charge on any atom is 0.0264 e. The SMILES string of the molecule is C=CCC(C=C)SC(C=C)CC=C. The molecule has 0 aromatic carbocycles. The molecule has 13 heavy (non-hydrogen) atoms. The Balaban J connectivity index is 4.00. The van der Waals surface area contributed by atoms with Crippen molar-refractivity contribution < 1.29 is 0 Å². The molecule has 0 aliphatic carbocycles. The second kappa shape index (κ2) is 7.93. The van der Waals surface area contributed by atoms with Crippen LogP contribution in [0.15, 0.2) is 50.6 Å². The van der Waals surface area contributed by atoms with Crippen molar-refractivity contribution in [2.75, 3.05) is 0 Å². The lowest BCUT2D eigenvalue weighted by atomic mass is 10.3. The van der Waals surface area contributed by atoms with Crippen molar-refractivity contribution in [3.05, 3.63) is 50.6 Å². The van der Waals surface area contributed by atoms with Crippen molar-refractivity contribution in [1.82, 2.24) is 0 Å². The van der Waals surface area contributed by atoms with Crippen molar-refractivity contribution in [3.63, 3.8) is 0 Å². The lowest BCUT2D eigenvalue weighted by molar-refractivity contribution is 1.03. The number of rotatable bonds is 8. The van der Waals surface area contributed by atoms with E-state index in [9.17, 15) is 0 Å². The van der Waals surface area contributed by atoms with Crippen LogP contribution in [0.4, 0.5) is 0 Å². The van der Waals surface area contributed by atoms with Crippen LogP contribution >= 0.6 is 11.8 Å². The lowest BCUT2D eigenvalue weighted by Gasteiger charge is -2.15. The van der Waals surface area contributed by atoms with E-state index in [2.05, 4.69) is 26.3 Å². The van der Waals surface area contributed by atoms with Crippen molar-refractivity contribution in [2.45, 2.75) is 23.3 Å². The molecule has 2 atom stereocenters. The van der Waals surface area contributed by atoms with Crippen LogP contribution in [0, 0.1) is 0 Å². The third kappa shape index (κ3) is 5.53. The van der Waals surface area contributed by atoms with E-state index in [0.717, 1.165) is 12.8 Å². The van der Waals surface area contributed by atoms with Crippen LogP contribution in [-0.4, -0.2) is 10.5 Å². The highest BCUT2D eigenvalue weighted by Crippen LogP contribution is 2.24. The standard InChI is InChI=1S/C12H18S/c1-5-9-11(7-3)13-12(8-4)10-6-2/h5-8,11-12H,1-4,9-10H2. The Labute approximate surface area is 86.1 Å². The summed E-state index contributed by atoms with van der Waals surface area (Å²) in [6, 6.07) is 0. The molecule has 0 heterocycles. The van der Waals surface area contributed by atoms with Gasteiger partial charge in [-0.05, 0) is 12.8 Å². The minimum Gasteiger partial charge on any atom is -0.146 e. The zero-order chi connectivity index (χ0) is 10.1. The van der Waals surface area contributed by atoms with Gasteiger partial charge in [-0.15, -0.1) is 38.1 Å². The molecular formula is C12H18S. The van der Waals surface area contributed by atoms with Gasteiger partial charge in [0, 0.05) is 10.5 Å². The molecule has 0 bridgehead atoms. The average Bonchev–Trinajstić information content (AvgIpc) is 2.16. The van der Waals surface area contributed by atoms with Gasteiger partial charge in [0.2, 0.25) is 0 Å². The predicted octanol–water partition coefficient (Wildman–Crippen LogP) is 3.98. The Bertz CT molecular complexity index is 162. The zero-order valence-corrected chi connectivity index (χ0v) is 8.93. The molecule has 0 N–H and O–H groups in total. The first kappa shape index (κ1) is 12.3. The lowest BCUT2D eigenvalue weighted by Crippen LogP contribution is -2.05. The Morgan fingerprint density at radius 2 is 1.23 bits per heavy atom. The summed E-state index contributed by atoms with van der Waals surface area (Å²) in [5.41, 5.74) is 0. The monoisotopic (exact) mass is 194 g/mol. The third-order valence-electron chi connectivity index (χ3n) is 1.67. The Kier molecular flexibility index (Phi) is 7.51. The fraction of sp³-hybridized carbons (Fsp3) is 0.333. The molecule has 0 amide bonds. The third-order valence-corrected chi connectivity index (χ3v) is 3.14. The molecule has 72 valence electrons. The van der Waals surface area contributed by atoms with Gasteiger partial charge in [-0.25, -0.2) is 0 Å². The Hall–Kier alpha value is -0.690. The van der Waals surface area contributed by atoms with Crippen molar-refractivity contribution in [3.8, 4) is 0 Å². The van der Waals surface area contributed by atoms with Crippen molar-refractivity contribution in [2.24, 2.45) is 0 Å². The molecule has 0 aliphatic heterocycles. The Morgan fingerprint density at radius 3 is 1.46 bits per heavy atom. The molecule has 0 nitrogen and oxygen atoms in total. The van der Waals surface area contributed by atoms with Crippen molar-refractivity contribution in [1.29, 1.82) is 0 Å².